The van der Waals surface area contributed by atoms with Gasteiger partial charge < -0.3 is 10.6 Å². The molecule has 2 aliphatic heterocycles. The summed E-state index contributed by atoms with van der Waals surface area (Å²) < 4.78 is 29.6. The van der Waals surface area contributed by atoms with E-state index in [1.807, 2.05) is 54.6 Å². The second-order valence-corrected chi connectivity index (χ2v) is 16.3. The number of aryl methyl sites for hydroxylation is 1. The highest BCUT2D eigenvalue weighted by Gasteiger charge is 2.23. The van der Waals surface area contributed by atoms with E-state index in [9.17, 15) is 14.0 Å². The lowest BCUT2D eigenvalue weighted by atomic mass is 9.98. The molecule has 0 bridgehead atoms. The summed E-state index contributed by atoms with van der Waals surface area (Å²) in [5.41, 5.74) is 7.38. The molecule has 0 atom stereocenters. The highest BCUT2D eigenvalue weighted by atomic mass is 32.2. The maximum Gasteiger partial charge on any atom is 0.251 e. The number of halogens is 2. The molecule has 2 N–H and O–H groups in total. The van der Waals surface area contributed by atoms with Crippen LogP contribution in [-0.2, 0) is 6.42 Å². The first-order valence-corrected chi connectivity index (χ1v) is 21.1. The van der Waals surface area contributed by atoms with Crippen molar-refractivity contribution in [1.82, 2.24) is 10.6 Å². The molecule has 2 aliphatic rings. The number of hydrogen-bond acceptors (Lipinski definition) is 6. The highest BCUT2D eigenvalue weighted by Crippen LogP contribution is 2.43. The van der Waals surface area contributed by atoms with Crippen LogP contribution in [0.15, 0.2) is 157 Å². The molecule has 290 valence electrons. The zero-order chi connectivity index (χ0) is 40.0. The standard InChI is InChI=1S/C48H40F2N4O2S2/c1-2-3-24-51-47(55)32-19-22-43-39(28-32)53-45(31-12-10-13-34(49)27-31)37-26-30(18-21-42(37)58-43)11-8-9-25-52-48(56)33-20-23-44-40(29-33)54-46(35-14-4-6-16-38(35)50)36-15-5-7-17-41(36)57-44/h4-7,10,12-23,26-29H,2-3,8-9,11,24-25H2,1H3,(H,51,55)(H,52,56). The van der Waals surface area contributed by atoms with Gasteiger partial charge in [0.25, 0.3) is 11.8 Å². The normalized spacial score (nSPS) is 12.7. The number of nitrogens with zero attached hydrogens (tertiary/aromatic N) is 2. The monoisotopic (exact) mass is 806 g/mol. The quantitative estimate of drug-likeness (QED) is 0.120. The Morgan fingerprint density at radius 2 is 1.19 bits per heavy atom. The van der Waals surface area contributed by atoms with Crippen LogP contribution in [0.3, 0.4) is 0 Å². The van der Waals surface area contributed by atoms with E-state index >= 15 is 4.39 Å². The van der Waals surface area contributed by atoms with E-state index in [1.54, 1.807) is 59.9 Å². The first-order chi connectivity index (χ1) is 28.3. The summed E-state index contributed by atoms with van der Waals surface area (Å²) in [6, 6.07) is 38.2. The number of carbonyl (C=O) groups excluding carboxylic acids is 2. The van der Waals surface area contributed by atoms with Crippen molar-refractivity contribution in [2.24, 2.45) is 9.98 Å². The SMILES string of the molecule is CCCCNC(=O)c1ccc2c(c1)N=C(c1cccc(F)c1)c1cc(CCCCNC(=O)c3ccc4c(c3)N=C(c3ccccc3F)c3ccccc3S4)ccc1S2. The molecule has 0 saturated carbocycles. The summed E-state index contributed by atoms with van der Waals surface area (Å²) >= 11 is 3.13. The number of aliphatic imine (C=N–C) groups is 2. The van der Waals surface area contributed by atoms with Crippen molar-refractivity contribution in [3.05, 3.63) is 178 Å². The molecule has 0 unspecified atom stereocenters. The van der Waals surface area contributed by atoms with Gasteiger partial charge in [0.1, 0.15) is 11.6 Å². The van der Waals surface area contributed by atoms with Gasteiger partial charge in [-0.25, -0.2) is 18.8 Å². The lowest BCUT2D eigenvalue weighted by molar-refractivity contribution is 0.0945. The van der Waals surface area contributed by atoms with Crippen molar-refractivity contribution < 1.29 is 18.4 Å². The van der Waals surface area contributed by atoms with Crippen molar-refractivity contribution in [3.8, 4) is 0 Å². The highest BCUT2D eigenvalue weighted by molar-refractivity contribution is 7.99. The average molecular weight is 807 g/mol. The lowest BCUT2D eigenvalue weighted by Gasteiger charge is -2.12. The van der Waals surface area contributed by atoms with E-state index in [-0.39, 0.29) is 23.4 Å². The largest absolute Gasteiger partial charge is 0.352 e. The Balaban J connectivity index is 0.955. The van der Waals surface area contributed by atoms with Gasteiger partial charge in [-0.1, -0.05) is 85.4 Å². The second-order valence-electron chi connectivity index (χ2n) is 14.1. The molecule has 0 aliphatic carbocycles. The Morgan fingerprint density at radius 1 is 0.569 bits per heavy atom. The molecular formula is C48H40F2N4O2S2. The fourth-order valence-electron chi connectivity index (χ4n) is 6.97. The number of benzene rings is 6. The van der Waals surface area contributed by atoms with E-state index in [0.29, 0.717) is 58.1 Å². The molecule has 0 spiro atoms. The molecule has 10 heteroatoms. The summed E-state index contributed by atoms with van der Waals surface area (Å²) in [4.78, 5) is 40.1. The minimum Gasteiger partial charge on any atom is -0.352 e. The summed E-state index contributed by atoms with van der Waals surface area (Å²) in [5.74, 6) is -1.04. The van der Waals surface area contributed by atoms with Crippen LogP contribution < -0.4 is 10.6 Å². The molecule has 0 aromatic heterocycles. The van der Waals surface area contributed by atoms with E-state index in [0.717, 1.165) is 68.4 Å². The summed E-state index contributed by atoms with van der Waals surface area (Å²) in [5, 5.41) is 6.05. The third-order valence-corrected chi connectivity index (χ3v) is 12.3. The first-order valence-electron chi connectivity index (χ1n) is 19.5. The zero-order valence-corrected chi connectivity index (χ0v) is 33.5. The summed E-state index contributed by atoms with van der Waals surface area (Å²) in [6.45, 7) is 3.18. The number of hydrogen-bond donors (Lipinski definition) is 2. The zero-order valence-electron chi connectivity index (χ0n) is 31.9. The van der Waals surface area contributed by atoms with Gasteiger partial charge in [-0.15, -0.1) is 0 Å². The van der Waals surface area contributed by atoms with Crippen LogP contribution in [0.5, 0.6) is 0 Å². The predicted octanol–water partition coefficient (Wildman–Crippen LogP) is 11.5. The second kappa shape index (κ2) is 17.7. The van der Waals surface area contributed by atoms with Crippen LogP contribution >= 0.6 is 23.5 Å². The Morgan fingerprint density at radius 3 is 1.88 bits per heavy atom. The smallest absolute Gasteiger partial charge is 0.251 e. The first kappa shape index (κ1) is 39.0. The van der Waals surface area contributed by atoms with Crippen LogP contribution in [0.4, 0.5) is 20.2 Å². The van der Waals surface area contributed by atoms with Crippen molar-refractivity contribution in [1.29, 1.82) is 0 Å². The maximum atomic E-state index is 15.0. The molecule has 58 heavy (non-hydrogen) atoms. The third-order valence-electron chi connectivity index (χ3n) is 10.0. The molecule has 2 heterocycles. The average Bonchev–Trinajstić information content (AvgIpc) is 3.51. The molecule has 6 aromatic rings. The Kier molecular flexibility index (Phi) is 11.9. The van der Waals surface area contributed by atoms with Crippen LogP contribution in [0.25, 0.3) is 0 Å². The molecular weight excluding hydrogens is 767 g/mol. The van der Waals surface area contributed by atoms with E-state index in [4.69, 9.17) is 9.98 Å². The topological polar surface area (TPSA) is 82.9 Å². The van der Waals surface area contributed by atoms with Gasteiger partial charge >= 0.3 is 0 Å². The molecule has 8 rings (SSSR count). The molecule has 6 aromatic carbocycles. The summed E-state index contributed by atoms with van der Waals surface area (Å²) in [7, 11) is 0. The number of nitrogens with one attached hydrogen (secondary N) is 2. The Labute approximate surface area is 345 Å². The maximum absolute atomic E-state index is 15.0. The van der Waals surface area contributed by atoms with Crippen molar-refractivity contribution in [2.75, 3.05) is 13.1 Å². The van der Waals surface area contributed by atoms with Crippen LogP contribution in [0, 0.1) is 11.6 Å². The molecule has 0 fully saturated rings. The lowest BCUT2D eigenvalue weighted by Crippen LogP contribution is -2.24. The van der Waals surface area contributed by atoms with E-state index in [2.05, 4.69) is 35.8 Å². The number of carbonyl (C=O) groups is 2. The van der Waals surface area contributed by atoms with Gasteiger partial charge in [-0.3, -0.25) is 9.59 Å². The minimum absolute atomic E-state index is 0.142. The van der Waals surface area contributed by atoms with Gasteiger partial charge in [-0.2, -0.15) is 0 Å². The van der Waals surface area contributed by atoms with Gasteiger partial charge in [0, 0.05) is 66.1 Å². The van der Waals surface area contributed by atoms with Gasteiger partial charge in [0.2, 0.25) is 0 Å². The Bertz CT molecular complexity index is 2610. The van der Waals surface area contributed by atoms with Crippen molar-refractivity contribution in [3.63, 3.8) is 0 Å². The number of fused-ring (bicyclic) bond motifs is 4. The molecule has 0 radical (unpaired) electrons. The summed E-state index contributed by atoms with van der Waals surface area (Å²) in [6.07, 6.45) is 4.24. The number of amides is 2. The minimum atomic E-state index is -0.354. The predicted molar refractivity (Wildman–Crippen MR) is 230 cm³/mol. The van der Waals surface area contributed by atoms with E-state index < -0.39 is 0 Å². The van der Waals surface area contributed by atoms with Crippen LogP contribution in [0.1, 0.15) is 81.1 Å². The molecule has 2 amide bonds. The fraction of sp³-hybridized carbons (Fsp3) is 0.167. The van der Waals surface area contributed by atoms with Gasteiger partial charge in [-0.05, 0) is 110 Å². The van der Waals surface area contributed by atoms with Gasteiger partial charge in [0.15, 0.2) is 0 Å². The Hall–Kier alpha value is -5.84. The number of rotatable bonds is 12. The molecule has 6 nitrogen and oxygen atoms in total. The van der Waals surface area contributed by atoms with E-state index in [1.165, 1.54) is 18.2 Å². The van der Waals surface area contributed by atoms with Crippen molar-refractivity contribution >= 4 is 58.1 Å². The fourth-order valence-corrected chi connectivity index (χ4v) is 8.96. The molecule has 0 saturated heterocycles. The van der Waals surface area contributed by atoms with Gasteiger partial charge in [0.05, 0.1) is 22.8 Å². The van der Waals surface area contributed by atoms with Crippen LogP contribution in [-0.4, -0.2) is 36.3 Å². The van der Waals surface area contributed by atoms with Crippen molar-refractivity contribution in [2.45, 2.75) is 58.6 Å². The number of unbranched alkanes of at least 4 members (excludes halogenated alkanes) is 2. The van der Waals surface area contributed by atoms with Crippen LogP contribution in [0.2, 0.25) is 0 Å². The third kappa shape index (κ3) is 8.68.